The fourth-order valence-corrected chi connectivity index (χ4v) is 3.11. The summed E-state index contributed by atoms with van der Waals surface area (Å²) in [5.74, 6) is 0.953. The van der Waals surface area contributed by atoms with Gasteiger partial charge in [-0.15, -0.1) is 0 Å². The van der Waals surface area contributed by atoms with E-state index in [1.807, 2.05) is 37.3 Å². The molecule has 3 aromatic rings. The van der Waals surface area contributed by atoms with Crippen molar-refractivity contribution < 1.29 is 14.3 Å². The molecule has 0 saturated heterocycles. The van der Waals surface area contributed by atoms with Crippen molar-refractivity contribution >= 4 is 34.1 Å². The van der Waals surface area contributed by atoms with Gasteiger partial charge in [0.05, 0.1) is 29.9 Å². The standard InChI is InChI=1S/C21H22ClN3O3/c1-13-7-8-14-5-4-6-18(20(14)24-13)28-12-15-16(22)9-10-17(21(15)27-3)25-19(26)11-23-2/h4-10,23H,11-12H2,1-3H3,(H,25,26). The number of ether oxygens (including phenoxy) is 2. The second-order valence-corrected chi connectivity index (χ2v) is 6.66. The number of anilines is 1. The van der Waals surface area contributed by atoms with E-state index in [9.17, 15) is 4.79 Å². The van der Waals surface area contributed by atoms with Crippen LogP contribution >= 0.6 is 11.6 Å². The van der Waals surface area contributed by atoms with E-state index in [0.29, 0.717) is 27.8 Å². The molecular formula is C21H22ClN3O3. The Balaban J connectivity index is 1.90. The van der Waals surface area contributed by atoms with Gasteiger partial charge in [-0.05, 0) is 38.2 Å². The number of nitrogens with zero attached hydrogens (tertiary/aromatic N) is 1. The number of pyridine rings is 1. The molecule has 3 rings (SSSR count). The van der Waals surface area contributed by atoms with Crippen molar-refractivity contribution in [2.45, 2.75) is 13.5 Å². The molecule has 0 radical (unpaired) electrons. The van der Waals surface area contributed by atoms with Crippen LogP contribution in [0.2, 0.25) is 5.02 Å². The minimum atomic E-state index is -0.177. The lowest BCUT2D eigenvalue weighted by molar-refractivity contribution is -0.115. The van der Waals surface area contributed by atoms with Gasteiger partial charge >= 0.3 is 0 Å². The Morgan fingerprint density at radius 1 is 1.18 bits per heavy atom. The lowest BCUT2D eigenvalue weighted by Crippen LogP contribution is -2.25. The summed E-state index contributed by atoms with van der Waals surface area (Å²) in [4.78, 5) is 16.5. The Morgan fingerprint density at radius 2 is 2.00 bits per heavy atom. The van der Waals surface area contributed by atoms with Gasteiger partial charge in [-0.3, -0.25) is 4.79 Å². The van der Waals surface area contributed by atoms with E-state index in [1.54, 1.807) is 19.2 Å². The summed E-state index contributed by atoms with van der Waals surface area (Å²) < 4.78 is 11.6. The van der Waals surface area contributed by atoms with Crippen molar-refractivity contribution in [3.8, 4) is 11.5 Å². The van der Waals surface area contributed by atoms with Crippen molar-refractivity contribution in [3.05, 3.63) is 58.7 Å². The Labute approximate surface area is 168 Å². The average molecular weight is 400 g/mol. The third kappa shape index (κ3) is 4.35. The highest BCUT2D eigenvalue weighted by molar-refractivity contribution is 6.31. The number of halogens is 1. The van der Waals surface area contributed by atoms with Crippen LogP contribution in [0.5, 0.6) is 11.5 Å². The Morgan fingerprint density at radius 3 is 2.75 bits per heavy atom. The zero-order chi connectivity index (χ0) is 20.1. The summed E-state index contributed by atoms with van der Waals surface area (Å²) in [5, 5.41) is 7.11. The number of fused-ring (bicyclic) bond motifs is 1. The second kappa shape index (κ2) is 8.91. The molecule has 0 aliphatic heterocycles. The number of carbonyl (C=O) groups is 1. The van der Waals surface area contributed by atoms with E-state index >= 15 is 0 Å². The van der Waals surface area contributed by atoms with E-state index in [1.165, 1.54) is 7.11 Å². The number of aryl methyl sites for hydroxylation is 1. The third-order valence-electron chi connectivity index (χ3n) is 4.21. The Kier molecular flexibility index (Phi) is 6.34. The van der Waals surface area contributed by atoms with Crippen LogP contribution in [0.25, 0.3) is 10.9 Å². The van der Waals surface area contributed by atoms with Gasteiger partial charge < -0.3 is 20.1 Å². The summed E-state index contributed by atoms with van der Waals surface area (Å²) in [6.07, 6.45) is 0. The molecule has 0 aliphatic rings. The van der Waals surface area contributed by atoms with Crippen LogP contribution in [0.3, 0.4) is 0 Å². The number of aromatic nitrogens is 1. The SMILES string of the molecule is CNCC(=O)Nc1ccc(Cl)c(COc2cccc3ccc(C)nc23)c1OC. The Hall–Kier alpha value is -2.83. The maximum absolute atomic E-state index is 11.9. The maximum atomic E-state index is 11.9. The first-order valence-electron chi connectivity index (χ1n) is 8.82. The third-order valence-corrected chi connectivity index (χ3v) is 4.57. The molecule has 1 heterocycles. The molecule has 0 atom stereocenters. The largest absolute Gasteiger partial charge is 0.494 e. The van der Waals surface area contributed by atoms with Crippen molar-refractivity contribution in [1.29, 1.82) is 0 Å². The lowest BCUT2D eigenvalue weighted by Gasteiger charge is -2.17. The number of hydrogen-bond acceptors (Lipinski definition) is 5. The number of methoxy groups -OCH3 is 1. The van der Waals surface area contributed by atoms with E-state index in [0.717, 1.165) is 16.6 Å². The molecule has 6 nitrogen and oxygen atoms in total. The number of benzene rings is 2. The molecule has 7 heteroatoms. The van der Waals surface area contributed by atoms with E-state index in [-0.39, 0.29) is 19.1 Å². The first-order valence-corrected chi connectivity index (χ1v) is 9.20. The zero-order valence-corrected chi connectivity index (χ0v) is 16.8. The predicted octanol–water partition coefficient (Wildman–Crippen LogP) is 3.94. The molecular weight excluding hydrogens is 378 g/mol. The van der Waals surface area contributed by atoms with Gasteiger partial charge in [-0.2, -0.15) is 0 Å². The minimum Gasteiger partial charge on any atom is -0.494 e. The van der Waals surface area contributed by atoms with Gasteiger partial charge in [0.1, 0.15) is 23.6 Å². The number of para-hydroxylation sites is 1. The van der Waals surface area contributed by atoms with Gasteiger partial charge in [0.2, 0.25) is 5.91 Å². The van der Waals surface area contributed by atoms with Crippen LogP contribution in [0.1, 0.15) is 11.3 Å². The molecule has 28 heavy (non-hydrogen) atoms. The number of nitrogens with one attached hydrogen (secondary N) is 2. The van der Waals surface area contributed by atoms with Crippen molar-refractivity contribution in [2.75, 3.05) is 26.0 Å². The van der Waals surface area contributed by atoms with E-state index in [4.69, 9.17) is 21.1 Å². The van der Waals surface area contributed by atoms with Crippen LogP contribution in [0.15, 0.2) is 42.5 Å². The summed E-state index contributed by atoms with van der Waals surface area (Å²) >= 11 is 6.39. The van der Waals surface area contributed by atoms with Crippen LogP contribution in [0, 0.1) is 6.92 Å². The number of carbonyl (C=O) groups excluding carboxylic acids is 1. The van der Waals surface area contributed by atoms with Crippen LogP contribution in [-0.4, -0.2) is 31.6 Å². The molecule has 0 fully saturated rings. The number of amides is 1. The lowest BCUT2D eigenvalue weighted by atomic mass is 10.1. The highest BCUT2D eigenvalue weighted by Crippen LogP contribution is 2.35. The molecule has 0 unspecified atom stereocenters. The molecule has 1 aromatic heterocycles. The normalized spacial score (nSPS) is 10.7. The molecule has 0 saturated carbocycles. The number of rotatable bonds is 7. The zero-order valence-electron chi connectivity index (χ0n) is 16.0. The summed E-state index contributed by atoms with van der Waals surface area (Å²) in [7, 11) is 3.24. The van der Waals surface area contributed by atoms with Crippen molar-refractivity contribution in [2.24, 2.45) is 0 Å². The van der Waals surface area contributed by atoms with Crippen molar-refractivity contribution in [3.63, 3.8) is 0 Å². The molecule has 2 aromatic carbocycles. The first kappa shape index (κ1) is 19.9. The molecule has 1 amide bonds. The van der Waals surface area contributed by atoms with E-state index < -0.39 is 0 Å². The summed E-state index contributed by atoms with van der Waals surface area (Å²) in [5.41, 5.74) is 2.89. The average Bonchev–Trinajstić information content (AvgIpc) is 2.68. The first-order chi connectivity index (χ1) is 13.5. The van der Waals surface area contributed by atoms with Gasteiger partial charge in [0.15, 0.2) is 0 Å². The fourth-order valence-electron chi connectivity index (χ4n) is 2.91. The smallest absolute Gasteiger partial charge is 0.238 e. The minimum absolute atomic E-state index is 0.173. The molecule has 2 N–H and O–H groups in total. The molecule has 146 valence electrons. The van der Waals surface area contributed by atoms with Crippen LogP contribution < -0.4 is 20.1 Å². The molecule has 0 aliphatic carbocycles. The van der Waals surface area contributed by atoms with Gasteiger partial charge in [-0.1, -0.05) is 29.8 Å². The number of hydrogen-bond donors (Lipinski definition) is 2. The predicted molar refractivity (Wildman–Crippen MR) is 111 cm³/mol. The second-order valence-electron chi connectivity index (χ2n) is 6.25. The fraction of sp³-hybridized carbons (Fsp3) is 0.238. The summed E-state index contributed by atoms with van der Waals surface area (Å²) in [6, 6.07) is 13.2. The van der Waals surface area contributed by atoms with E-state index in [2.05, 4.69) is 15.6 Å². The highest BCUT2D eigenvalue weighted by atomic mass is 35.5. The topological polar surface area (TPSA) is 72.5 Å². The number of likely N-dealkylation sites (N-methyl/N-ethyl adjacent to an activating group) is 1. The van der Waals surface area contributed by atoms with Gasteiger partial charge in [-0.25, -0.2) is 4.98 Å². The Bertz CT molecular complexity index is 1010. The van der Waals surface area contributed by atoms with Crippen LogP contribution in [0.4, 0.5) is 5.69 Å². The van der Waals surface area contributed by atoms with Gasteiger partial charge in [0, 0.05) is 11.1 Å². The summed E-state index contributed by atoms with van der Waals surface area (Å²) in [6.45, 7) is 2.30. The maximum Gasteiger partial charge on any atom is 0.238 e. The van der Waals surface area contributed by atoms with Crippen molar-refractivity contribution in [1.82, 2.24) is 10.3 Å². The molecule has 0 spiro atoms. The quantitative estimate of drug-likeness (QED) is 0.629. The monoisotopic (exact) mass is 399 g/mol. The molecule has 0 bridgehead atoms. The highest BCUT2D eigenvalue weighted by Gasteiger charge is 2.16. The van der Waals surface area contributed by atoms with Gasteiger partial charge in [0.25, 0.3) is 0 Å². The van der Waals surface area contributed by atoms with Crippen LogP contribution in [-0.2, 0) is 11.4 Å².